The Morgan fingerprint density at radius 1 is 1.17 bits per heavy atom. The molecule has 0 aliphatic heterocycles. The van der Waals surface area contributed by atoms with Crippen LogP contribution in [0.2, 0.25) is 0 Å². The average molecular weight is 334 g/mol. The van der Waals surface area contributed by atoms with Crippen molar-refractivity contribution < 1.29 is 18.1 Å². The van der Waals surface area contributed by atoms with Crippen LogP contribution in [0.4, 0.5) is 11.4 Å². The molecule has 0 atom stereocenters. The molecule has 8 heteroatoms. The number of carbonyl (C=O) groups excluding carboxylic acids is 1. The number of benzene rings is 2. The Labute approximate surface area is 133 Å². The Hall–Kier alpha value is -2.74. The lowest BCUT2D eigenvalue weighted by Gasteiger charge is -2.10. The summed E-state index contributed by atoms with van der Waals surface area (Å²) in [5, 5.41) is 13.4. The van der Waals surface area contributed by atoms with E-state index in [9.17, 15) is 23.3 Å². The summed E-state index contributed by atoms with van der Waals surface area (Å²) in [6.45, 7) is 1.57. The first kappa shape index (κ1) is 16.6. The van der Waals surface area contributed by atoms with Gasteiger partial charge in [0, 0.05) is 23.4 Å². The Morgan fingerprint density at radius 3 is 2.43 bits per heavy atom. The minimum absolute atomic E-state index is 0.0186. The maximum atomic E-state index is 12.3. The van der Waals surface area contributed by atoms with Crippen molar-refractivity contribution >= 4 is 27.1 Å². The highest BCUT2D eigenvalue weighted by molar-refractivity contribution is 7.90. The third-order valence-corrected chi connectivity index (χ3v) is 4.36. The smallest absolute Gasteiger partial charge is 0.273 e. The molecular formula is C15H14N2O5S. The van der Waals surface area contributed by atoms with E-state index in [1.54, 1.807) is 19.1 Å². The van der Waals surface area contributed by atoms with Gasteiger partial charge in [-0.2, -0.15) is 0 Å². The van der Waals surface area contributed by atoms with Crippen LogP contribution in [0.1, 0.15) is 15.9 Å². The van der Waals surface area contributed by atoms with E-state index >= 15 is 0 Å². The fourth-order valence-electron chi connectivity index (χ4n) is 2.04. The van der Waals surface area contributed by atoms with E-state index < -0.39 is 20.7 Å². The van der Waals surface area contributed by atoms with Crippen LogP contribution in [-0.4, -0.2) is 25.5 Å². The van der Waals surface area contributed by atoms with Crippen LogP contribution in [0.5, 0.6) is 0 Å². The highest BCUT2D eigenvalue weighted by Crippen LogP contribution is 2.23. The number of nitrogens with zero attached hydrogens (tertiary/aromatic N) is 1. The standard InChI is InChI=1S/C15H14N2O5S/c1-10-7-8-11(9-13(10)17(19)20)15(18)16-12-5-3-4-6-14(12)23(2,21)22/h3-9H,1-2H3,(H,16,18). The molecule has 0 aliphatic rings. The van der Waals surface area contributed by atoms with Crippen molar-refractivity contribution in [3.05, 3.63) is 63.7 Å². The fraction of sp³-hybridized carbons (Fsp3) is 0.133. The SMILES string of the molecule is Cc1ccc(C(=O)Nc2ccccc2S(C)(=O)=O)cc1[N+](=O)[O-]. The van der Waals surface area contributed by atoms with Gasteiger partial charge >= 0.3 is 0 Å². The maximum absolute atomic E-state index is 12.3. The Morgan fingerprint density at radius 2 is 1.83 bits per heavy atom. The van der Waals surface area contributed by atoms with Crippen molar-refractivity contribution in [3.63, 3.8) is 0 Å². The summed E-state index contributed by atoms with van der Waals surface area (Å²) in [5.74, 6) is -0.621. The van der Waals surface area contributed by atoms with Crippen molar-refractivity contribution in [3.8, 4) is 0 Å². The molecule has 0 unspecified atom stereocenters. The van der Waals surface area contributed by atoms with Crippen molar-refractivity contribution in [1.82, 2.24) is 0 Å². The first-order chi connectivity index (χ1) is 10.7. The number of sulfone groups is 1. The zero-order valence-corrected chi connectivity index (χ0v) is 13.3. The van der Waals surface area contributed by atoms with Gasteiger partial charge in [-0.15, -0.1) is 0 Å². The van der Waals surface area contributed by atoms with Crippen LogP contribution < -0.4 is 5.32 Å². The van der Waals surface area contributed by atoms with Crippen molar-refractivity contribution in [2.45, 2.75) is 11.8 Å². The molecule has 0 aromatic heterocycles. The van der Waals surface area contributed by atoms with Gasteiger partial charge in [0.15, 0.2) is 9.84 Å². The highest BCUT2D eigenvalue weighted by atomic mass is 32.2. The molecule has 120 valence electrons. The molecule has 23 heavy (non-hydrogen) atoms. The van der Waals surface area contributed by atoms with Gasteiger partial charge in [-0.05, 0) is 25.1 Å². The number of nitrogens with one attached hydrogen (secondary N) is 1. The van der Waals surface area contributed by atoms with Crippen molar-refractivity contribution in [2.24, 2.45) is 0 Å². The van der Waals surface area contributed by atoms with Crippen LogP contribution >= 0.6 is 0 Å². The predicted octanol–water partition coefficient (Wildman–Crippen LogP) is 2.56. The number of nitro benzene ring substituents is 1. The summed E-state index contributed by atoms with van der Waals surface area (Å²) in [6.07, 6.45) is 1.04. The average Bonchev–Trinajstić information content (AvgIpc) is 2.46. The van der Waals surface area contributed by atoms with Crippen molar-refractivity contribution in [1.29, 1.82) is 0 Å². The quantitative estimate of drug-likeness (QED) is 0.683. The number of amides is 1. The number of carbonyl (C=O) groups is 1. The molecule has 2 aromatic rings. The second-order valence-corrected chi connectivity index (χ2v) is 6.96. The van der Waals surface area contributed by atoms with E-state index in [-0.39, 0.29) is 21.8 Å². The minimum atomic E-state index is -3.51. The lowest BCUT2D eigenvalue weighted by Crippen LogP contribution is -2.15. The molecule has 0 heterocycles. The monoisotopic (exact) mass is 334 g/mol. The molecule has 2 aromatic carbocycles. The van der Waals surface area contributed by atoms with Gasteiger partial charge in [-0.1, -0.05) is 18.2 Å². The van der Waals surface area contributed by atoms with Gasteiger partial charge in [0.05, 0.1) is 15.5 Å². The van der Waals surface area contributed by atoms with Gasteiger partial charge in [-0.25, -0.2) is 8.42 Å². The van der Waals surface area contributed by atoms with Crippen LogP contribution in [0.25, 0.3) is 0 Å². The molecule has 0 saturated heterocycles. The van der Waals surface area contributed by atoms with Crippen LogP contribution in [0.3, 0.4) is 0 Å². The molecule has 7 nitrogen and oxygen atoms in total. The second kappa shape index (κ2) is 6.17. The number of nitro groups is 1. The zero-order valence-electron chi connectivity index (χ0n) is 12.4. The number of aryl methyl sites for hydroxylation is 1. The summed E-state index contributed by atoms with van der Waals surface area (Å²) in [5.41, 5.74) is 0.464. The minimum Gasteiger partial charge on any atom is -0.321 e. The maximum Gasteiger partial charge on any atom is 0.273 e. The topological polar surface area (TPSA) is 106 Å². The molecule has 0 bridgehead atoms. The molecule has 0 aliphatic carbocycles. The molecular weight excluding hydrogens is 320 g/mol. The van der Waals surface area contributed by atoms with Crippen LogP contribution in [0.15, 0.2) is 47.4 Å². The van der Waals surface area contributed by atoms with Crippen molar-refractivity contribution in [2.75, 3.05) is 11.6 Å². The number of rotatable bonds is 4. The van der Waals surface area contributed by atoms with Crippen LogP contribution in [0, 0.1) is 17.0 Å². The Kier molecular flexibility index (Phi) is 4.46. The summed E-state index contributed by atoms with van der Waals surface area (Å²) >= 11 is 0. The summed E-state index contributed by atoms with van der Waals surface area (Å²) in [6, 6.07) is 10.0. The third kappa shape index (κ3) is 3.72. The molecule has 2 rings (SSSR count). The van der Waals surface area contributed by atoms with E-state index in [1.807, 2.05) is 0 Å². The molecule has 0 radical (unpaired) electrons. The van der Waals surface area contributed by atoms with E-state index in [4.69, 9.17) is 0 Å². The molecule has 1 amide bonds. The van der Waals surface area contributed by atoms with E-state index in [0.29, 0.717) is 5.56 Å². The summed E-state index contributed by atoms with van der Waals surface area (Å²) in [7, 11) is -3.51. The second-order valence-electron chi connectivity index (χ2n) is 4.98. The number of hydrogen-bond acceptors (Lipinski definition) is 5. The summed E-state index contributed by atoms with van der Waals surface area (Å²) < 4.78 is 23.4. The molecule has 0 saturated carbocycles. The fourth-order valence-corrected chi connectivity index (χ4v) is 2.88. The van der Waals surface area contributed by atoms with Gasteiger partial charge < -0.3 is 5.32 Å². The van der Waals surface area contributed by atoms with E-state index in [0.717, 1.165) is 12.3 Å². The van der Waals surface area contributed by atoms with Gasteiger partial charge in [0.1, 0.15) is 0 Å². The normalized spacial score (nSPS) is 11.0. The highest BCUT2D eigenvalue weighted by Gasteiger charge is 2.18. The van der Waals surface area contributed by atoms with Gasteiger partial charge in [0.2, 0.25) is 0 Å². The lowest BCUT2D eigenvalue weighted by atomic mass is 10.1. The number of para-hydroxylation sites is 1. The largest absolute Gasteiger partial charge is 0.321 e. The molecule has 0 spiro atoms. The first-order valence-corrected chi connectivity index (χ1v) is 8.45. The van der Waals surface area contributed by atoms with E-state index in [1.165, 1.54) is 24.3 Å². The van der Waals surface area contributed by atoms with Gasteiger partial charge in [-0.3, -0.25) is 14.9 Å². The zero-order chi connectivity index (χ0) is 17.2. The lowest BCUT2D eigenvalue weighted by molar-refractivity contribution is -0.385. The number of hydrogen-bond donors (Lipinski definition) is 1. The Bertz CT molecular complexity index is 890. The van der Waals surface area contributed by atoms with E-state index in [2.05, 4.69) is 5.32 Å². The molecule has 0 fully saturated rings. The predicted molar refractivity (Wildman–Crippen MR) is 85.3 cm³/mol. The molecule has 1 N–H and O–H groups in total. The van der Waals surface area contributed by atoms with Crippen LogP contribution in [-0.2, 0) is 9.84 Å². The summed E-state index contributed by atoms with van der Waals surface area (Å²) in [4.78, 5) is 22.6. The first-order valence-electron chi connectivity index (χ1n) is 6.55. The number of anilines is 1. The third-order valence-electron chi connectivity index (χ3n) is 3.20. The Balaban J connectivity index is 2.38. The van der Waals surface area contributed by atoms with Gasteiger partial charge in [0.25, 0.3) is 11.6 Å².